The number of aryl methyl sites for hydroxylation is 1. The van der Waals surface area contributed by atoms with Crippen LogP contribution in [0, 0.1) is 17.3 Å². The average Bonchev–Trinajstić information content (AvgIpc) is 2.96. The number of aliphatic hydroxyl groups is 7. The molecule has 3 fully saturated rings. The van der Waals surface area contributed by atoms with Gasteiger partial charge in [-0.25, -0.2) is 0 Å². The molecule has 12 atom stereocenters. The van der Waals surface area contributed by atoms with Crippen molar-refractivity contribution in [2.75, 3.05) is 13.2 Å². The van der Waals surface area contributed by atoms with E-state index in [1.807, 2.05) is 12.1 Å². The molecular weight excluding hydrogens is 560 g/mol. The molecule has 11 heteroatoms. The highest BCUT2D eigenvalue weighted by Gasteiger charge is 2.59. The lowest BCUT2D eigenvalue weighted by Crippen LogP contribution is -2.71. The summed E-state index contributed by atoms with van der Waals surface area (Å²) in [5.41, 5.74) is 2.86. The minimum atomic E-state index is -1.76. The monoisotopic (exact) mass is 610 g/mol. The Balaban J connectivity index is 1.39. The number of benzene rings is 1. The van der Waals surface area contributed by atoms with E-state index in [2.05, 4.69) is 26.8 Å². The van der Waals surface area contributed by atoms with E-state index >= 15 is 0 Å². The molecule has 2 aliphatic heterocycles. The maximum atomic E-state index is 11.5. The molecular formula is C32H50O11. The van der Waals surface area contributed by atoms with Gasteiger partial charge in [-0.2, -0.15) is 0 Å². The summed E-state index contributed by atoms with van der Waals surface area (Å²) in [7, 11) is 0. The van der Waals surface area contributed by atoms with Crippen LogP contribution in [-0.4, -0.2) is 110 Å². The third-order valence-electron chi connectivity index (χ3n) is 10.8. The Morgan fingerprint density at radius 1 is 0.907 bits per heavy atom. The van der Waals surface area contributed by atoms with E-state index in [4.69, 9.17) is 18.9 Å². The van der Waals surface area contributed by atoms with Gasteiger partial charge >= 0.3 is 0 Å². The van der Waals surface area contributed by atoms with Crippen molar-refractivity contribution in [1.29, 1.82) is 0 Å². The first-order valence-electron chi connectivity index (χ1n) is 15.6. The third kappa shape index (κ3) is 5.54. The van der Waals surface area contributed by atoms with Crippen molar-refractivity contribution in [2.45, 2.75) is 133 Å². The summed E-state index contributed by atoms with van der Waals surface area (Å²) in [6, 6.07) is 5.99. The largest absolute Gasteiger partial charge is 0.459 e. The fourth-order valence-corrected chi connectivity index (χ4v) is 8.37. The summed E-state index contributed by atoms with van der Waals surface area (Å²) in [5.74, 6) is -1.19. The summed E-state index contributed by atoms with van der Waals surface area (Å²) in [6.45, 7) is 9.38. The van der Waals surface area contributed by atoms with Crippen LogP contribution in [0.3, 0.4) is 0 Å². The Morgan fingerprint density at radius 2 is 1.60 bits per heavy atom. The minimum Gasteiger partial charge on any atom is -0.459 e. The fraction of sp³-hybridized carbons (Fsp3) is 0.812. The van der Waals surface area contributed by atoms with E-state index in [1.165, 1.54) is 24.0 Å². The van der Waals surface area contributed by atoms with E-state index in [1.54, 1.807) is 13.8 Å². The van der Waals surface area contributed by atoms with Gasteiger partial charge in [0.15, 0.2) is 6.29 Å². The van der Waals surface area contributed by atoms with Crippen molar-refractivity contribution in [3.8, 4) is 5.75 Å². The summed E-state index contributed by atoms with van der Waals surface area (Å²) in [5, 5.41) is 73.3. The molecule has 0 aromatic heterocycles. The van der Waals surface area contributed by atoms with Crippen LogP contribution in [0.25, 0.3) is 0 Å². The molecule has 5 rings (SSSR count). The number of hydrogen-bond acceptors (Lipinski definition) is 11. The molecule has 4 aliphatic rings. The highest BCUT2D eigenvalue weighted by atomic mass is 16.8. The van der Waals surface area contributed by atoms with E-state index in [-0.39, 0.29) is 10.8 Å². The summed E-state index contributed by atoms with van der Waals surface area (Å²) in [4.78, 5) is 0. The number of ether oxygens (including phenoxy) is 4. The summed E-state index contributed by atoms with van der Waals surface area (Å²) < 4.78 is 23.8. The van der Waals surface area contributed by atoms with E-state index in [9.17, 15) is 35.7 Å². The van der Waals surface area contributed by atoms with Gasteiger partial charge in [0, 0.05) is 5.92 Å². The number of rotatable bonds is 7. The van der Waals surface area contributed by atoms with Gasteiger partial charge in [-0.05, 0) is 65.7 Å². The van der Waals surface area contributed by atoms with Gasteiger partial charge in [-0.15, -0.1) is 0 Å². The van der Waals surface area contributed by atoms with Crippen molar-refractivity contribution in [1.82, 2.24) is 0 Å². The molecule has 1 saturated carbocycles. The molecule has 0 amide bonds. The van der Waals surface area contributed by atoms with Crippen LogP contribution < -0.4 is 4.74 Å². The molecule has 43 heavy (non-hydrogen) atoms. The van der Waals surface area contributed by atoms with Crippen molar-refractivity contribution in [2.24, 2.45) is 17.3 Å². The Kier molecular flexibility index (Phi) is 9.28. The number of fused-ring (bicyclic) bond motifs is 3. The number of aliphatic hydroxyl groups excluding tert-OH is 7. The van der Waals surface area contributed by atoms with Gasteiger partial charge in [-0.3, -0.25) is 0 Å². The zero-order valence-electron chi connectivity index (χ0n) is 25.8. The van der Waals surface area contributed by atoms with Crippen LogP contribution in [0.15, 0.2) is 18.2 Å². The quantitative estimate of drug-likeness (QED) is 0.232. The molecule has 0 radical (unpaired) electrons. The molecule has 7 N–H and O–H groups in total. The van der Waals surface area contributed by atoms with Gasteiger partial charge in [0.05, 0.1) is 13.2 Å². The SMILES string of the molecule is CC(C)[C@@]1(Oc2ccc3c(c2)CC[C@H]2C(C)(C)CCC[C@]32C)O[C@H](CO)[C@@H](O[C@@H]2O[C@H](CO)[C@H](O)[C@H](O)[C@H]2O)[C@H](O)[C@H]1O. The first-order valence-corrected chi connectivity index (χ1v) is 15.6. The summed E-state index contributed by atoms with van der Waals surface area (Å²) in [6.07, 6.45) is -8.28. The fourth-order valence-electron chi connectivity index (χ4n) is 8.37. The van der Waals surface area contributed by atoms with Crippen molar-refractivity contribution in [3.05, 3.63) is 29.3 Å². The molecule has 2 heterocycles. The molecule has 0 unspecified atom stereocenters. The highest BCUT2D eigenvalue weighted by Crippen LogP contribution is 2.57. The van der Waals surface area contributed by atoms with Crippen LogP contribution in [0.5, 0.6) is 5.75 Å². The van der Waals surface area contributed by atoms with Gasteiger partial charge in [-0.1, -0.05) is 47.1 Å². The summed E-state index contributed by atoms with van der Waals surface area (Å²) >= 11 is 0. The Bertz CT molecular complexity index is 1120. The van der Waals surface area contributed by atoms with Crippen molar-refractivity contribution >= 4 is 0 Å². The predicted molar refractivity (Wildman–Crippen MR) is 154 cm³/mol. The third-order valence-corrected chi connectivity index (χ3v) is 10.8. The second-order valence-electron chi connectivity index (χ2n) is 14.2. The normalized spacial score (nSPS) is 44.5. The standard InChI is InChI=1S/C32H50O11/c1-16(2)32(42-18-8-9-19-17(13-18)7-10-22-30(3,4)11-6-12-31(19,22)5)28(39)26(38)27(21(15-34)43-32)41-29-25(37)24(36)23(35)20(14-33)40-29/h8-9,13,16,20-29,33-39H,6-7,10-12,14-15H2,1-5H3/t20-,21-,22+,23+,24+,25-,26+,27-,28-,29+,31-,32-/m1/s1. The lowest BCUT2D eigenvalue weighted by Gasteiger charge is -2.54. The van der Waals surface area contributed by atoms with Crippen LogP contribution in [0.1, 0.15) is 71.4 Å². The zero-order valence-corrected chi connectivity index (χ0v) is 25.8. The van der Waals surface area contributed by atoms with E-state index < -0.39 is 80.0 Å². The average molecular weight is 611 g/mol. The van der Waals surface area contributed by atoms with Crippen LogP contribution in [0.4, 0.5) is 0 Å². The molecule has 11 nitrogen and oxygen atoms in total. The van der Waals surface area contributed by atoms with Gasteiger partial charge in [0.2, 0.25) is 5.79 Å². The van der Waals surface area contributed by atoms with Crippen molar-refractivity contribution in [3.63, 3.8) is 0 Å². The lowest BCUT2D eigenvalue weighted by atomic mass is 9.50. The first kappa shape index (κ1) is 33.0. The van der Waals surface area contributed by atoms with Crippen LogP contribution in [0.2, 0.25) is 0 Å². The molecule has 244 valence electrons. The molecule has 1 aromatic carbocycles. The topological polar surface area (TPSA) is 179 Å². The maximum absolute atomic E-state index is 11.5. The van der Waals surface area contributed by atoms with Crippen molar-refractivity contribution < 1.29 is 54.7 Å². The Hall–Kier alpha value is -1.38. The van der Waals surface area contributed by atoms with Gasteiger partial charge < -0.3 is 54.7 Å². The molecule has 2 saturated heterocycles. The van der Waals surface area contributed by atoms with Gasteiger partial charge in [0.25, 0.3) is 0 Å². The predicted octanol–water partition coefficient (Wildman–Crippen LogP) is 0.746. The van der Waals surface area contributed by atoms with E-state index in [0.717, 1.165) is 19.3 Å². The van der Waals surface area contributed by atoms with Crippen LogP contribution in [-0.2, 0) is 26.0 Å². The molecule has 1 aromatic rings. The second kappa shape index (κ2) is 12.1. The second-order valence-corrected chi connectivity index (χ2v) is 14.2. The minimum absolute atomic E-state index is 0.0671. The maximum Gasteiger partial charge on any atom is 0.242 e. The first-order chi connectivity index (χ1) is 20.2. The Morgan fingerprint density at radius 3 is 2.26 bits per heavy atom. The molecule has 2 aliphatic carbocycles. The number of hydrogen-bond donors (Lipinski definition) is 7. The van der Waals surface area contributed by atoms with E-state index in [0.29, 0.717) is 11.7 Å². The van der Waals surface area contributed by atoms with Gasteiger partial charge in [0.1, 0.15) is 54.6 Å². The molecule has 0 bridgehead atoms. The molecule has 0 spiro atoms. The zero-order chi connectivity index (χ0) is 31.5. The highest BCUT2D eigenvalue weighted by molar-refractivity contribution is 5.43. The Labute approximate surface area is 253 Å². The smallest absolute Gasteiger partial charge is 0.242 e. The lowest BCUT2D eigenvalue weighted by molar-refractivity contribution is -0.385. The van der Waals surface area contributed by atoms with Crippen LogP contribution >= 0.6 is 0 Å².